The Morgan fingerprint density at radius 1 is 1.19 bits per heavy atom. The van der Waals surface area contributed by atoms with E-state index in [0.29, 0.717) is 53.3 Å². The third-order valence-corrected chi connectivity index (χ3v) is 6.38. The lowest BCUT2D eigenvalue weighted by Gasteiger charge is -2.39. The van der Waals surface area contributed by atoms with Gasteiger partial charge in [0, 0.05) is 61.2 Å². The largest absolute Gasteiger partial charge is 0.488 e. The lowest BCUT2D eigenvalue weighted by Crippen LogP contribution is -2.50. The summed E-state index contributed by atoms with van der Waals surface area (Å²) in [6.45, 7) is 1.86. The minimum Gasteiger partial charge on any atom is -0.488 e. The second-order valence-corrected chi connectivity index (χ2v) is 8.75. The molecule has 37 heavy (non-hydrogen) atoms. The van der Waals surface area contributed by atoms with Gasteiger partial charge in [-0.3, -0.25) is 14.6 Å². The minimum atomic E-state index is -0.510. The number of methoxy groups -OCH3 is 1. The second-order valence-electron chi connectivity index (χ2n) is 8.75. The molecule has 0 bridgehead atoms. The van der Waals surface area contributed by atoms with Crippen molar-refractivity contribution < 1.29 is 23.2 Å². The SMILES string of the molecule is COCCOc1cc2[nH]nc(-c3cc(-c4ccc(C(=O)N5CC(n6cccn6)C5)cc4)no3)c2cc1F. The van der Waals surface area contributed by atoms with Gasteiger partial charge in [-0.2, -0.15) is 10.2 Å². The quantitative estimate of drug-likeness (QED) is 0.320. The van der Waals surface area contributed by atoms with E-state index in [4.69, 9.17) is 14.0 Å². The number of nitrogens with one attached hydrogen (secondary N) is 1. The highest BCUT2D eigenvalue weighted by Crippen LogP contribution is 2.33. The molecular weight excluding hydrogens is 479 g/mol. The van der Waals surface area contributed by atoms with Crippen LogP contribution in [0.1, 0.15) is 16.4 Å². The fourth-order valence-electron chi connectivity index (χ4n) is 4.33. The lowest BCUT2D eigenvalue weighted by atomic mass is 10.0. The van der Waals surface area contributed by atoms with Gasteiger partial charge in [0.15, 0.2) is 17.3 Å². The monoisotopic (exact) mass is 502 g/mol. The van der Waals surface area contributed by atoms with Gasteiger partial charge in [-0.1, -0.05) is 17.3 Å². The van der Waals surface area contributed by atoms with Gasteiger partial charge < -0.3 is 18.9 Å². The highest BCUT2D eigenvalue weighted by atomic mass is 19.1. The Hall–Kier alpha value is -4.51. The number of halogens is 1. The summed E-state index contributed by atoms with van der Waals surface area (Å²) < 4.78 is 32.3. The number of benzene rings is 2. The standard InChI is InChI=1S/C26H23FN6O4/c1-35-9-10-36-23-13-22-19(11-20(23)27)25(30-29-22)24-12-21(31-37-24)16-3-5-17(6-4-16)26(34)32-14-18(15-32)33-8-2-7-28-33/h2-8,11-13,18H,9-10,14-15H2,1H3,(H,29,30). The zero-order valence-corrected chi connectivity index (χ0v) is 19.9. The normalized spacial score (nSPS) is 13.7. The first-order valence-corrected chi connectivity index (χ1v) is 11.8. The molecule has 6 rings (SSSR count). The van der Waals surface area contributed by atoms with Crippen LogP contribution in [-0.2, 0) is 4.74 Å². The molecule has 1 aliphatic heterocycles. The molecule has 4 heterocycles. The Morgan fingerprint density at radius 2 is 2.03 bits per heavy atom. The number of fused-ring (bicyclic) bond motifs is 1. The van der Waals surface area contributed by atoms with Crippen molar-refractivity contribution in [2.24, 2.45) is 0 Å². The smallest absolute Gasteiger partial charge is 0.253 e. The molecule has 10 nitrogen and oxygen atoms in total. The van der Waals surface area contributed by atoms with Crippen LogP contribution in [0.2, 0.25) is 0 Å². The molecule has 0 aliphatic carbocycles. The van der Waals surface area contributed by atoms with E-state index in [9.17, 15) is 9.18 Å². The van der Waals surface area contributed by atoms with Crippen LogP contribution in [0.5, 0.6) is 5.75 Å². The molecule has 1 aliphatic rings. The number of rotatable bonds is 8. The van der Waals surface area contributed by atoms with Crippen LogP contribution >= 0.6 is 0 Å². The number of aromatic nitrogens is 5. The molecule has 1 amide bonds. The van der Waals surface area contributed by atoms with Crippen molar-refractivity contribution in [2.45, 2.75) is 6.04 Å². The number of carbonyl (C=O) groups is 1. The number of H-pyrrole nitrogens is 1. The van der Waals surface area contributed by atoms with E-state index in [1.807, 2.05) is 29.1 Å². The summed E-state index contributed by atoms with van der Waals surface area (Å²) in [7, 11) is 1.55. The van der Waals surface area contributed by atoms with Crippen molar-refractivity contribution in [3.8, 4) is 28.5 Å². The molecule has 0 atom stereocenters. The van der Waals surface area contributed by atoms with Crippen molar-refractivity contribution in [1.29, 1.82) is 0 Å². The predicted octanol–water partition coefficient (Wildman–Crippen LogP) is 3.94. The lowest BCUT2D eigenvalue weighted by molar-refractivity contribution is 0.0501. The Labute approximate surface area is 210 Å². The molecule has 3 aromatic heterocycles. The van der Waals surface area contributed by atoms with Crippen molar-refractivity contribution in [2.75, 3.05) is 33.4 Å². The number of amides is 1. The molecule has 1 saturated heterocycles. The van der Waals surface area contributed by atoms with Crippen molar-refractivity contribution in [3.63, 3.8) is 0 Å². The van der Waals surface area contributed by atoms with E-state index in [2.05, 4.69) is 20.5 Å². The van der Waals surface area contributed by atoms with Gasteiger partial charge in [-0.25, -0.2) is 4.39 Å². The van der Waals surface area contributed by atoms with E-state index < -0.39 is 5.82 Å². The molecule has 0 radical (unpaired) electrons. The van der Waals surface area contributed by atoms with Crippen LogP contribution in [-0.4, -0.2) is 69.4 Å². The van der Waals surface area contributed by atoms with Gasteiger partial charge in [-0.05, 0) is 24.3 Å². The average molecular weight is 503 g/mol. The summed E-state index contributed by atoms with van der Waals surface area (Å²) in [6, 6.07) is 13.9. The van der Waals surface area contributed by atoms with Crippen LogP contribution in [0, 0.1) is 5.82 Å². The number of nitrogens with zero attached hydrogens (tertiary/aromatic N) is 5. The summed E-state index contributed by atoms with van der Waals surface area (Å²) in [5, 5.41) is 16.1. The third-order valence-electron chi connectivity index (χ3n) is 6.38. The molecule has 2 aromatic carbocycles. The summed E-state index contributed by atoms with van der Waals surface area (Å²) >= 11 is 0. The molecule has 0 unspecified atom stereocenters. The Kier molecular flexibility index (Phi) is 5.89. The maximum Gasteiger partial charge on any atom is 0.253 e. The van der Waals surface area contributed by atoms with E-state index in [1.54, 1.807) is 42.5 Å². The molecule has 1 N–H and O–H groups in total. The number of carbonyl (C=O) groups excluding carboxylic acids is 1. The Morgan fingerprint density at radius 3 is 2.78 bits per heavy atom. The van der Waals surface area contributed by atoms with E-state index in [-0.39, 0.29) is 24.3 Å². The van der Waals surface area contributed by atoms with Gasteiger partial charge in [0.1, 0.15) is 18.0 Å². The molecule has 5 aromatic rings. The first kappa shape index (κ1) is 22.9. The number of aromatic amines is 1. The minimum absolute atomic E-state index is 0.0219. The van der Waals surface area contributed by atoms with Gasteiger partial charge in [0.05, 0.1) is 18.2 Å². The predicted molar refractivity (Wildman–Crippen MR) is 132 cm³/mol. The number of ether oxygens (including phenoxy) is 2. The maximum atomic E-state index is 14.6. The van der Waals surface area contributed by atoms with E-state index >= 15 is 0 Å². The van der Waals surface area contributed by atoms with Crippen LogP contribution in [0.4, 0.5) is 4.39 Å². The molecule has 1 fully saturated rings. The molecule has 11 heteroatoms. The van der Waals surface area contributed by atoms with Gasteiger partial charge in [-0.15, -0.1) is 0 Å². The van der Waals surface area contributed by atoms with E-state index in [0.717, 1.165) is 5.56 Å². The summed E-state index contributed by atoms with van der Waals surface area (Å²) in [4.78, 5) is 14.6. The highest BCUT2D eigenvalue weighted by molar-refractivity contribution is 5.95. The topological polar surface area (TPSA) is 111 Å². The maximum absolute atomic E-state index is 14.6. The van der Waals surface area contributed by atoms with Crippen molar-refractivity contribution >= 4 is 16.8 Å². The fourth-order valence-corrected chi connectivity index (χ4v) is 4.33. The van der Waals surface area contributed by atoms with Crippen LogP contribution in [0.15, 0.2) is 65.4 Å². The number of hydrogen-bond acceptors (Lipinski definition) is 7. The molecule has 0 saturated carbocycles. The highest BCUT2D eigenvalue weighted by Gasteiger charge is 2.32. The Bertz CT molecular complexity index is 1540. The summed E-state index contributed by atoms with van der Waals surface area (Å²) in [5.41, 5.74) is 3.00. The zero-order chi connectivity index (χ0) is 25.4. The zero-order valence-electron chi connectivity index (χ0n) is 19.9. The first-order valence-electron chi connectivity index (χ1n) is 11.8. The fraction of sp³-hybridized carbons (Fsp3) is 0.231. The van der Waals surface area contributed by atoms with Crippen molar-refractivity contribution in [1.82, 2.24) is 30.0 Å². The molecule has 188 valence electrons. The summed E-state index contributed by atoms with van der Waals surface area (Å²) in [5.74, 6) is -0.0299. The van der Waals surface area contributed by atoms with Crippen molar-refractivity contribution in [3.05, 3.63) is 72.3 Å². The second kappa shape index (κ2) is 9.51. The Balaban J connectivity index is 1.16. The number of hydrogen-bond donors (Lipinski definition) is 1. The molecular formula is C26H23FN6O4. The molecule has 0 spiro atoms. The van der Waals surface area contributed by atoms with Gasteiger partial charge in [0.25, 0.3) is 5.91 Å². The number of likely N-dealkylation sites (tertiary alicyclic amines) is 1. The third kappa shape index (κ3) is 4.33. The van der Waals surface area contributed by atoms with Gasteiger partial charge in [0.2, 0.25) is 0 Å². The van der Waals surface area contributed by atoms with Gasteiger partial charge >= 0.3 is 0 Å². The average Bonchev–Trinajstić information content (AvgIpc) is 3.65. The van der Waals surface area contributed by atoms with Crippen LogP contribution < -0.4 is 4.74 Å². The summed E-state index contributed by atoms with van der Waals surface area (Å²) in [6.07, 6.45) is 3.65. The van der Waals surface area contributed by atoms with Crippen LogP contribution in [0.3, 0.4) is 0 Å². The van der Waals surface area contributed by atoms with E-state index in [1.165, 1.54) is 6.07 Å². The first-order chi connectivity index (χ1) is 18.1. The van der Waals surface area contributed by atoms with Crippen LogP contribution in [0.25, 0.3) is 33.6 Å².